The molecule has 2 aromatic heterocycles. The average Bonchev–Trinajstić information content (AvgIpc) is 3.85. The van der Waals surface area contributed by atoms with Crippen molar-refractivity contribution in [1.29, 1.82) is 0 Å². The zero-order chi connectivity index (χ0) is 37.5. The van der Waals surface area contributed by atoms with E-state index in [1.165, 1.54) is 32.3 Å². The highest BCUT2D eigenvalue weighted by atomic mass is 16.3. The maximum absolute atomic E-state index is 7.01. The van der Waals surface area contributed by atoms with Crippen molar-refractivity contribution in [3.63, 3.8) is 0 Å². The molecule has 0 aliphatic carbocycles. The molecule has 0 bridgehead atoms. The maximum Gasteiger partial charge on any atom is 0.143 e. The van der Waals surface area contributed by atoms with Crippen LogP contribution in [0.5, 0.6) is 0 Å². The van der Waals surface area contributed by atoms with Gasteiger partial charge in [0.25, 0.3) is 0 Å². The summed E-state index contributed by atoms with van der Waals surface area (Å²) in [7, 11) is 0. The molecule has 0 amide bonds. The van der Waals surface area contributed by atoms with Crippen LogP contribution >= 0.6 is 0 Å². The molecule has 0 aliphatic heterocycles. The van der Waals surface area contributed by atoms with Gasteiger partial charge in [0.15, 0.2) is 0 Å². The Balaban J connectivity index is 1.13. The standard InChI is InChI=1S/C54H33NO2/c1-3-13-36(14-4-1)55(37-15-5-2-6-16-37)38-26-23-34(24-27-38)51-39(35-25-28-44-42-19-8-7-17-40(42)41-18-9-10-20-43(41)47(44)33-35)29-30-46-53-50(57-54(46)51)32-31-49-52(53)45-21-11-12-22-48(45)56-49/h1-33H. The van der Waals surface area contributed by atoms with E-state index in [1.54, 1.807) is 0 Å². The maximum atomic E-state index is 7.01. The molecular weight excluding hydrogens is 695 g/mol. The summed E-state index contributed by atoms with van der Waals surface area (Å²) in [6.45, 7) is 0. The molecule has 12 rings (SSSR count). The number of furan rings is 2. The fourth-order valence-corrected chi connectivity index (χ4v) is 9.13. The molecule has 266 valence electrons. The number of rotatable bonds is 5. The second-order valence-electron chi connectivity index (χ2n) is 14.8. The molecule has 0 radical (unpaired) electrons. The molecule has 0 saturated carbocycles. The smallest absolute Gasteiger partial charge is 0.143 e. The summed E-state index contributed by atoms with van der Waals surface area (Å²) >= 11 is 0. The van der Waals surface area contributed by atoms with Crippen molar-refractivity contribution < 1.29 is 8.83 Å². The van der Waals surface area contributed by atoms with Crippen LogP contribution in [0.15, 0.2) is 209 Å². The SMILES string of the molecule is c1ccc(N(c2ccccc2)c2ccc(-c3c(-c4ccc5c6ccccc6c6ccccc6c5c4)ccc4c3oc3ccc5oc6ccccc6c5c34)cc2)cc1. The minimum absolute atomic E-state index is 0.842. The minimum Gasteiger partial charge on any atom is -0.456 e. The van der Waals surface area contributed by atoms with Gasteiger partial charge in [0.1, 0.15) is 22.3 Å². The molecule has 0 N–H and O–H groups in total. The molecule has 10 aromatic carbocycles. The molecule has 57 heavy (non-hydrogen) atoms. The molecule has 3 heteroatoms. The molecule has 0 unspecified atom stereocenters. The molecule has 0 atom stereocenters. The second kappa shape index (κ2) is 12.5. The van der Waals surface area contributed by atoms with Crippen LogP contribution in [0, 0.1) is 0 Å². The second-order valence-corrected chi connectivity index (χ2v) is 14.8. The number of hydrogen-bond acceptors (Lipinski definition) is 3. The summed E-state index contributed by atoms with van der Waals surface area (Å²) < 4.78 is 13.4. The van der Waals surface area contributed by atoms with Crippen LogP contribution in [-0.2, 0) is 0 Å². The quantitative estimate of drug-likeness (QED) is 0.165. The van der Waals surface area contributed by atoms with Crippen molar-refractivity contribution in [2.24, 2.45) is 0 Å². The van der Waals surface area contributed by atoms with E-state index in [-0.39, 0.29) is 0 Å². The Hall–Kier alpha value is -7.62. The van der Waals surface area contributed by atoms with Gasteiger partial charge >= 0.3 is 0 Å². The summed E-state index contributed by atoms with van der Waals surface area (Å²) in [6.07, 6.45) is 0. The van der Waals surface area contributed by atoms with Crippen LogP contribution < -0.4 is 4.90 Å². The Morgan fingerprint density at radius 3 is 1.42 bits per heavy atom. The van der Waals surface area contributed by atoms with Crippen molar-refractivity contribution in [2.45, 2.75) is 0 Å². The van der Waals surface area contributed by atoms with Gasteiger partial charge < -0.3 is 13.7 Å². The predicted octanol–water partition coefficient (Wildman–Crippen LogP) is 15.7. The fraction of sp³-hybridized carbons (Fsp3) is 0. The van der Waals surface area contributed by atoms with E-state index < -0.39 is 0 Å². The van der Waals surface area contributed by atoms with Crippen molar-refractivity contribution in [3.8, 4) is 22.3 Å². The highest BCUT2D eigenvalue weighted by molar-refractivity contribution is 6.28. The monoisotopic (exact) mass is 727 g/mol. The lowest BCUT2D eigenvalue weighted by atomic mass is 9.88. The van der Waals surface area contributed by atoms with Crippen LogP contribution in [0.25, 0.3) is 98.4 Å². The molecule has 0 saturated heterocycles. The Morgan fingerprint density at radius 2 is 0.772 bits per heavy atom. The van der Waals surface area contributed by atoms with E-state index in [9.17, 15) is 0 Å². The number of anilines is 3. The Morgan fingerprint density at radius 1 is 0.298 bits per heavy atom. The molecule has 2 heterocycles. The molecule has 0 spiro atoms. The lowest BCUT2D eigenvalue weighted by molar-refractivity contribution is 0.663. The predicted molar refractivity (Wildman–Crippen MR) is 239 cm³/mol. The normalized spacial score (nSPS) is 11.9. The number of fused-ring (bicyclic) bond motifs is 13. The van der Waals surface area contributed by atoms with E-state index in [2.05, 4.69) is 187 Å². The summed E-state index contributed by atoms with van der Waals surface area (Å²) in [5.74, 6) is 0. The molecule has 12 aromatic rings. The Labute approximate surface area is 328 Å². The van der Waals surface area contributed by atoms with Crippen molar-refractivity contribution in [1.82, 2.24) is 0 Å². The van der Waals surface area contributed by atoms with Gasteiger partial charge in [0.05, 0.1) is 0 Å². The average molecular weight is 728 g/mol. The first-order valence-electron chi connectivity index (χ1n) is 19.4. The van der Waals surface area contributed by atoms with Crippen LogP contribution in [0.2, 0.25) is 0 Å². The van der Waals surface area contributed by atoms with E-state index in [1.807, 2.05) is 18.2 Å². The van der Waals surface area contributed by atoms with Crippen molar-refractivity contribution in [3.05, 3.63) is 200 Å². The van der Waals surface area contributed by atoms with Gasteiger partial charge in [0.2, 0.25) is 0 Å². The first-order valence-corrected chi connectivity index (χ1v) is 19.4. The van der Waals surface area contributed by atoms with Crippen LogP contribution in [0.3, 0.4) is 0 Å². The highest BCUT2D eigenvalue weighted by Crippen LogP contribution is 2.47. The van der Waals surface area contributed by atoms with Gasteiger partial charge in [-0.3, -0.25) is 0 Å². The summed E-state index contributed by atoms with van der Waals surface area (Å²) in [4.78, 5) is 2.30. The number of nitrogens with zero attached hydrogens (tertiary/aromatic N) is 1. The zero-order valence-electron chi connectivity index (χ0n) is 30.8. The molecule has 0 fully saturated rings. The van der Waals surface area contributed by atoms with Gasteiger partial charge in [-0.1, -0.05) is 133 Å². The van der Waals surface area contributed by atoms with Gasteiger partial charge in [0, 0.05) is 44.2 Å². The number of hydrogen-bond donors (Lipinski definition) is 0. The van der Waals surface area contributed by atoms with E-state index in [0.717, 1.165) is 83.2 Å². The third kappa shape index (κ3) is 4.86. The number of para-hydroxylation sites is 3. The fourth-order valence-electron chi connectivity index (χ4n) is 9.13. The largest absolute Gasteiger partial charge is 0.456 e. The molecule has 0 aliphatic rings. The van der Waals surface area contributed by atoms with Crippen LogP contribution in [0.4, 0.5) is 17.1 Å². The first-order chi connectivity index (χ1) is 28.3. The third-order valence-corrected chi connectivity index (χ3v) is 11.6. The summed E-state index contributed by atoms with van der Waals surface area (Å²) in [6, 6.07) is 71.4. The van der Waals surface area contributed by atoms with Crippen LogP contribution in [0.1, 0.15) is 0 Å². The summed E-state index contributed by atoms with van der Waals surface area (Å²) in [5.41, 5.74) is 11.1. The van der Waals surface area contributed by atoms with Gasteiger partial charge in [-0.15, -0.1) is 0 Å². The minimum atomic E-state index is 0.842. The molecular formula is C54H33NO2. The van der Waals surface area contributed by atoms with Crippen molar-refractivity contribution in [2.75, 3.05) is 4.90 Å². The van der Waals surface area contributed by atoms with Crippen LogP contribution in [-0.4, -0.2) is 0 Å². The topological polar surface area (TPSA) is 29.5 Å². The van der Waals surface area contributed by atoms with Gasteiger partial charge in [-0.25, -0.2) is 0 Å². The molecule has 3 nitrogen and oxygen atoms in total. The van der Waals surface area contributed by atoms with E-state index in [4.69, 9.17) is 8.83 Å². The lowest BCUT2D eigenvalue weighted by Crippen LogP contribution is -2.09. The highest BCUT2D eigenvalue weighted by Gasteiger charge is 2.22. The van der Waals surface area contributed by atoms with Crippen molar-refractivity contribution >= 4 is 93.3 Å². The van der Waals surface area contributed by atoms with Gasteiger partial charge in [-0.2, -0.15) is 0 Å². The third-order valence-electron chi connectivity index (χ3n) is 11.6. The zero-order valence-corrected chi connectivity index (χ0v) is 30.8. The Bertz CT molecular complexity index is 3430. The van der Waals surface area contributed by atoms with E-state index >= 15 is 0 Å². The number of benzene rings is 10. The van der Waals surface area contributed by atoms with Gasteiger partial charge in [-0.05, 0) is 116 Å². The lowest BCUT2D eigenvalue weighted by Gasteiger charge is -2.25. The first kappa shape index (κ1) is 31.7. The van der Waals surface area contributed by atoms with E-state index in [0.29, 0.717) is 0 Å². The summed E-state index contributed by atoms with van der Waals surface area (Å²) in [5, 5.41) is 11.9. The Kier molecular flexibility index (Phi) is 6.93.